The van der Waals surface area contributed by atoms with E-state index >= 15 is 0 Å². The van der Waals surface area contributed by atoms with Crippen molar-refractivity contribution < 1.29 is 0 Å². The molecule has 0 bridgehead atoms. The number of aryl methyl sites for hydroxylation is 1. The highest BCUT2D eigenvalue weighted by atomic mass is 79.9. The minimum Gasteiger partial charge on any atom is -0.309 e. The third kappa shape index (κ3) is 10.5. The van der Waals surface area contributed by atoms with Gasteiger partial charge in [-0.2, -0.15) is 0 Å². The summed E-state index contributed by atoms with van der Waals surface area (Å²) in [4.78, 5) is 5.17. The molecule has 0 radical (unpaired) electrons. The molecule has 0 spiro atoms. The van der Waals surface area contributed by atoms with Crippen molar-refractivity contribution in [1.82, 2.24) is 0 Å². The standard InChI is InChI=1S/C71H89BrN2S/c1-44-32-51(73(50-24-25-55-56(40-50)69(16,17)29-28-68(55,14)15)62-43-75-63-42-58-57(41-54(62)63)70(18,19)30-31-71(58,20)21)39-52(33-44)74(61-27-23-47(38-59(61)72)65(5,6)7)60-26-22-46(64(2,3)4)37-53(60)45-34-48(66(8,9)10)36-49(35-45)67(11,12)13/h22-27,32-43H,28-31H2,1-21H3. The van der Waals surface area contributed by atoms with E-state index < -0.39 is 0 Å². The molecule has 0 atom stereocenters. The van der Waals surface area contributed by atoms with Crippen molar-refractivity contribution in [2.45, 2.75) is 214 Å². The van der Waals surface area contributed by atoms with Gasteiger partial charge < -0.3 is 9.80 Å². The number of halogens is 1. The molecule has 0 amide bonds. The summed E-state index contributed by atoms with van der Waals surface area (Å²) in [7, 11) is 0. The Kier molecular flexibility index (Phi) is 13.6. The van der Waals surface area contributed by atoms with Crippen LogP contribution in [0.3, 0.4) is 0 Å². The van der Waals surface area contributed by atoms with Crippen LogP contribution in [0, 0.1) is 6.92 Å². The quantitative estimate of drug-likeness (QED) is 0.157. The van der Waals surface area contributed by atoms with Gasteiger partial charge in [0.1, 0.15) is 0 Å². The van der Waals surface area contributed by atoms with Crippen molar-refractivity contribution in [3.05, 3.63) is 163 Å². The Morgan fingerprint density at radius 3 is 1.40 bits per heavy atom. The molecule has 1 aromatic heterocycles. The van der Waals surface area contributed by atoms with Crippen LogP contribution in [0.25, 0.3) is 21.2 Å². The molecule has 0 N–H and O–H groups in total. The number of anilines is 6. The number of fused-ring (bicyclic) bond motifs is 3. The van der Waals surface area contributed by atoms with Crippen LogP contribution in [0.1, 0.15) is 214 Å². The monoisotopic (exact) mass is 1080 g/mol. The Labute approximate surface area is 466 Å². The summed E-state index contributed by atoms with van der Waals surface area (Å²) >= 11 is 6.15. The molecule has 6 aromatic carbocycles. The van der Waals surface area contributed by atoms with Crippen LogP contribution in [0.15, 0.2) is 113 Å². The van der Waals surface area contributed by atoms with Gasteiger partial charge in [0.05, 0.1) is 17.1 Å². The van der Waals surface area contributed by atoms with E-state index in [1.54, 1.807) is 0 Å². The molecule has 2 nitrogen and oxygen atoms in total. The summed E-state index contributed by atoms with van der Waals surface area (Å²) < 4.78 is 2.42. The fourth-order valence-corrected chi connectivity index (χ4v) is 13.5. The second kappa shape index (κ2) is 18.5. The molecule has 0 aliphatic heterocycles. The lowest BCUT2D eigenvalue weighted by molar-refractivity contribution is 0.332. The maximum Gasteiger partial charge on any atom is 0.0647 e. The second-order valence-corrected chi connectivity index (χ2v) is 31.4. The zero-order valence-corrected chi connectivity index (χ0v) is 52.3. The van der Waals surface area contributed by atoms with E-state index in [-0.39, 0.29) is 43.3 Å². The third-order valence-corrected chi connectivity index (χ3v) is 19.1. The van der Waals surface area contributed by atoms with Crippen molar-refractivity contribution in [1.29, 1.82) is 0 Å². The van der Waals surface area contributed by atoms with Gasteiger partial charge in [0, 0.05) is 42.6 Å². The van der Waals surface area contributed by atoms with Crippen molar-refractivity contribution in [2.75, 3.05) is 9.80 Å². The number of rotatable bonds is 7. The van der Waals surface area contributed by atoms with Crippen LogP contribution < -0.4 is 9.80 Å². The normalized spacial score (nSPS) is 17.1. The highest BCUT2D eigenvalue weighted by molar-refractivity contribution is 9.10. The minimum atomic E-state index is -0.0648. The van der Waals surface area contributed by atoms with E-state index in [0.29, 0.717) is 0 Å². The first kappa shape index (κ1) is 55.1. The number of benzene rings is 6. The molecule has 0 saturated carbocycles. The minimum absolute atomic E-state index is 0.0225. The van der Waals surface area contributed by atoms with Gasteiger partial charge in [0.2, 0.25) is 0 Å². The van der Waals surface area contributed by atoms with Crippen LogP contribution in [0.2, 0.25) is 0 Å². The fourth-order valence-electron chi connectivity index (χ4n) is 12.0. The molecule has 0 saturated heterocycles. The van der Waals surface area contributed by atoms with E-state index in [2.05, 4.69) is 280 Å². The first-order valence-electron chi connectivity index (χ1n) is 28.0. The highest BCUT2D eigenvalue weighted by Crippen LogP contribution is 2.54. The van der Waals surface area contributed by atoms with E-state index in [4.69, 9.17) is 0 Å². The summed E-state index contributed by atoms with van der Waals surface area (Å²) in [5.41, 5.74) is 22.1. The van der Waals surface area contributed by atoms with E-state index in [9.17, 15) is 0 Å². The van der Waals surface area contributed by atoms with Crippen LogP contribution >= 0.6 is 27.3 Å². The molecule has 0 unspecified atom stereocenters. The molecule has 396 valence electrons. The van der Waals surface area contributed by atoms with Gasteiger partial charge in [-0.3, -0.25) is 0 Å². The first-order valence-corrected chi connectivity index (χ1v) is 29.7. The zero-order valence-electron chi connectivity index (χ0n) is 49.9. The van der Waals surface area contributed by atoms with Crippen LogP contribution in [-0.4, -0.2) is 0 Å². The Hall–Kier alpha value is -4.64. The Balaban J connectivity index is 1.37. The molecule has 7 aromatic rings. The van der Waals surface area contributed by atoms with Gasteiger partial charge in [-0.05, 0) is 214 Å². The van der Waals surface area contributed by atoms with Crippen molar-refractivity contribution >= 4 is 71.5 Å². The number of hydrogen-bond acceptors (Lipinski definition) is 3. The smallest absolute Gasteiger partial charge is 0.0647 e. The van der Waals surface area contributed by atoms with Gasteiger partial charge in [-0.15, -0.1) is 11.3 Å². The summed E-state index contributed by atoms with van der Waals surface area (Å²) in [6, 6.07) is 41.6. The van der Waals surface area contributed by atoms with E-state index in [0.717, 1.165) is 33.6 Å². The maximum atomic E-state index is 4.25. The van der Waals surface area contributed by atoms with Crippen molar-refractivity contribution in [3.63, 3.8) is 0 Å². The molecule has 1 heterocycles. The molecule has 9 rings (SSSR count). The van der Waals surface area contributed by atoms with E-state index in [1.807, 2.05) is 11.3 Å². The molecule has 2 aliphatic rings. The lowest BCUT2D eigenvalue weighted by atomic mass is 9.63. The van der Waals surface area contributed by atoms with Gasteiger partial charge in [0.15, 0.2) is 0 Å². The molecule has 75 heavy (non-hydrogen) atoms. The molecular formula is C71H89BrN2S. The summed E-state index contributed by atoms with van der Waals surface area (Å²) in [6.45, 7) is 50.0. The molecular weight excluding hydrogens is 993 g/mol. The van der Waals surface area contributed by atoms with Crippen molar-refractivity contribution in [2.24, 2.45) is 0 Å². The van der Waals surface area contributed by atoms with E-state index in [1.165, 1.54) is 102 Å². The predicted octanol–water partition coefficient (Wildman–Crippen LogP) is 22.5. The summed E-state index contributed by atoms with van der Waals surface area (Å²) in [6.07, 6.45) is 4.72. The zero-order chi connectivity index (χ0) is 55.0. The van der Waals surface area contributed by atoms with Gasteiger partial charge >= 0.3 is 0 Å². The second-order valence-electron chi connectivity index (χ2n) is 29.7. The fraction of sp³-hybridized carbons (Fsp3) is 0.465. The van der Waals surface area contributed by atoms with Crippen molar-refractivity contribution in [3.8, 4) is 11.1 Å². The van der Waals surface area contributed by atoms with Crippen LogP contribution in [0.4, 0.5) is 34.1 Å². The molecule has 0 fully saturated rings. The first-order chi connectivity index (χ1) is 34.5. The average Bonchev–Trinajstić information content (AvgIpc) is 3.71. The Bertz CT molecular complexity index is 3310. The van der Waals surface area contributed by atoms with Gasteiger partial charge in [0.25, 0.3) is 0 Å². The summed E-state index contributed by atoms with van der Waals surface area (Å²) in [5, 5.41) is 3.78. The Morgan fingerprint density at radius 1 is 0.413 bits per heavy atom. The van der Waals surface area contributed by atoms with Crippen LogP contribution in [0.5, 0.6) is 0 Å². The number of hydrogen-bond donors (Lipinski definition) is 0. The lowest BCUT2D eigenvalue weighted by Crippen LogP contribution is -2.34. The predicted molar refractivity (Wildman–Crippen MR) is 334 cm³/mol. The van der Waals surface area contributed by atoms with Gasteiger partial charge in [-0.25, -0.2) is 0 Å². The topological polar surface area (TPSA) is 6.48 Å². The largest absolute Gasteiger partial charge is 0.309 e. The highest BCUT2D eigenvalue weighted by Gasteiger charge is 2.40. The average molecular weight is 1080 g/mol. The van der Waals surface area contributed by atoms with Crippen LogP contribution in [-0.2, 0) is 43.3 Å². The molecule has 2 aliphatic carbocycles. The van der Waals surface area contributed by atoms with Gasteiger partial charge in [-0.1, -0.05) is 175 Å². The lowest BCUT2D eigenvalue weighted by Gasteiger charge is -2.42. The maximum absolute atomic E-state index is 4.25. The number of nitrogens with zero attached hydrogens (tertiary/aromatic N) is 2. The third-order valence-electron chi connectivity index (χ3n) is 17.6. The molecule has 4 heteroatoms. The SMILES string of the molecule is Cc1cc(N(c2ccc(C(C)(C)C)cc2Br)c2ccc(C(C)(C)C)cc2-c2cc(C(C)(C)C)cc(C(C)(C)C)c2)cc(N(c2ccc3c(c2)C(C)(C)CCC3(C)C)c2csc3cc4c(cc23)C(C)(C)CCC4(C)C)c1. The number of thiophene rings is 1. The summed E-state index contributed by atoms with van der Waals surface area (Å²) in [5.74, 6) is 0. The Morgan fingerprint density at radius 2 is 0.880 bits per heavy atom.